The average Bonchev–Trinajstić information content (AvgIpc) is 1.59. The highest BCUT2D eigenvalue weighted by Gasteiger charge is 2.61. The second-order valence-electron chi connectivity index (χ2n) is 27.6. The first-order valence-corrected chi connectivity index (χ1v) is 40.5. The van der Waals surface area contributed by atoms with Crippen LogP contribution in [0.3, 0.4) is 0 Å². The molecular formula is C83H92Cl4N4O21S. The van der Waals surface area contributed by atoms with Crippen LogP contribution in [0.2, 0.25) is 20.1 Å². The van der Waals surface area contributed by atoms with Crippen LogP contribution >= 0.6 is 58.2 Å². The summed E-state index contributed by atoms with van der Waals surface area (Å²) in [5, 5.41) is 2.65. The summed E-state index contributed by atoms with van der Waals surface area (Å²) in [6, 6.07) is 37.9. The minimum absolute atomic E-state index is 0.00451. The smallest absolute Gasteiger partial charge is 0.338 e. The fraction of sp³-hybridized carbons (Fsp3) is 0.470. The van der Waals surface area contributed by atoms with Gasteiger partial charge in [-0.15, -0.1) is 11.8 Å². The van der Waals surface area contributed by atoms with E-state index in [0.717, 1.165) is 63.3 Å². The Morgan fingerprint density at radius 3 is 1.38 bits per heavy atom. The van der Waals surface area contributed by atoms with Crippen molar-refractivity contribution in [3.05, 3.63) is 221 Å². The number of imide groups is 1. The van der Waals surface area contributed by atoms with Gasteiger partial charge in [0.25, 0.3) is 11.8 Å². The average molecular weight is 1660 g/mol. The van der Waals surface area contributed by atoms with Crippen LogP contribution in [-0.4, -0.2) is 169 Å². The third kappa shape index (κ3) is 23.8. The lowest BCUT2D eigenvalue weighted by Gasteiger charge is -2.51. The molecule has 0 N–H and O–H groups in total. The molecule has 15 atom stereocenters. The Labute approximate surface area is 680 Å². The molecular weight excluding hydrogens is 1560 g/mol. The zero-order valence-electron chi connectivity index (χ0n) is 63.0. The lowest BCUT2D eigenvalue weighted by atomic mass is 9.94. The molecule has 25 nitrogen and oxygen atoms in total. The highest BCUT2D eigenvalue weighted by atomic mass is 35.5. The molecule has 6 aromatic carbocycles. The Kier molecular flexibility index (Phi) is 34.0. The predicted octanol–water partition coefficient (Wildman–Crippen LogP) is 16.6. The number of carbonyl (C=O) groups is 8. The second-order valence-corrected chi connectivity index (χ2v) is 30.3. The lowest BCUT2D eigenvalue weighted by Crippen LogP contribution is -2.69. The number of rotatable bonds is 40. The Morgan fingerprint density at radius 2 is 0.876 bits per heavy atom. The molecule has 0 bridgehead atoms. The number of halogens is 4. The summed E-state index contributed by atoms with van der Waals surface area (Å²) in [7, 11) is 0. The van der Waals surface area contributed by atoms with E-state index in [2.05, 4.69) is 16.9 Å². The van der Waals surface area contributed by atoms with E-state index in [-0.39, 0.29) is 67.7 Å². The fourth-order valence-corrected chi connectivity index (χ4v) is 16.3. The normalized spacial score (nSPS) is 24.0. The summed E-state index contributed by atoms with van der Waals surface area (Å²) >= 11 is 28.6. The van der Waals surface area contributed by atoms with Gasteiger partial charge in [0, 0.05) is 25.7 Å². The molecule has 4 aliphatic rings. The molecule has 0 aliphatic carbocycles. The molecule has 0 saturated carbocycles. The van der Waals surface area contributed by atoms with Gasteiger partial charge < -0.3 is 61.6 Å². The minimum atomic E-state index is -2.12. The molecule has 604 valence electrons. The van der Waals surface area contributed by atoms with Gasteiger partial charge in [0.1, 0.15) is 67.4 Å². The van der Waals surface area contributed by atoms with Gasteiger partial charge in [-0.05, 0) is 65.2 Å². The van der Waals surface area contributed by atoms with Crippen LogP contribution in [0.5, 0.6) is 0 Å². The third-order valence-electron chi connectivity index (χ3n) is 19.4. The first-order valence-electron chi connectivity index (χ1n) is 37.9. The molecule has 6 aromatic rings. The van der Waals surface area contributed by atoms with Crippen LogP contribution in [0.25, 0.3) is 10.4 Å². The number of hydrogen-bond donors (Lipinski definition) is 0. The van der Waals surface area contributed by atoms with E-state index in [0.29, 0.717) is 17.7 Å². The predicted molar refractivity (Wildman–Crippen MR) is 419 cm³/mol. The highest BCUT2D eigenvalue weighted by molar-refractivity contribution is 7.99. The van der Waals surface area contributed by atoms with E-state index in [1.807, 2.05) is 30.3 Å². The van der Waals surface area contributed by atoms with Gasteiger partial charge in [0.2, 0.25) is 0 Å². The van der Waals surface area contributed by atoms with Crippen molar-refractivity contribution in [2.24, 2.45) is 5.11 Å². The number of ether oxygens (including phenoxy) is 13. The Balaban J connectivity index is 1.13. The number of azide groups is 1. The lowest BCUT2D eigenvalue weighted by molar-refractivity contribution is -0.361. The fourth-order valence-electron chi connectivity index (χ4n) is 13.9. The standard InChI is InChI=1S/C83H92Cl4N4O21S/c1-5-6-7-8-9-10-11-12-13-14-15-16-17-33-44-113-83-68(91-76(95)61-62(77(91)96)64(85)66(87)65(86)63(61)84)73(102-46-54-36-25-19-26-37-54)70(58(108-83)47-100-45-53-34-23-18-24-35-53)112-82-75(110-80(99)57-42-31-22-32-43-57)74(109-79(98)56-40-29-21-30-41-56)71(60(107-82)49-103-78(97)55-38-27-20-28-39-55)111-81-67(89-90-88)72(105-52(4)94)69(104-51(3)93)59(106-81)48-101-50(2)92/h18-32,34-43,58-60,67-75,81-83H,5-17,33,44-49H2,1-4H3/t58-,59-,60-,67-,68-,69-,70-,71+,72-,73-,74+,75-,81-,82+,83+/m1/s1. The zero-order valence-corrected chi connectivity index (χ0v) is 66.9. The summed E-state index contributed by atoms with van der Waals surface area (Å²) in [6.45, 7) is 3.24. The van der Waals surface area contributed by atoms with Crippen molar-refractivity contribution in [3.8, 4) is 0 Å². The van der Waals surface area contributed by atoms with Crippen molar-refractivity contribution < 1.29 is 99.9 Å². The van der Waals surface area contributed by atoms with Crippen LogP contribution < -0.4 is 0 Å². The second kappa shape index (κ2) is 44.1. The van der Waals surface area contributed by atoms with Crippen LogP contribution in [0.1, 0.15) is 181 Å². The number of esters is 6. The first-order chi connectivity index (χ1) is 54.8. The molecule has 30 heteroatoms. The zero-order chi connectivity index (χ0) is 80.3. The molecule has 3 saturated heterocycles. The number of benzene rings is 6. The molecule has 4 heterocycles. The molecule has 113 heavy (non-hydrogen) atoms. The van der Waals surface area contributed by atoms with Gasteiger partial charge in [0.05, 0.1) is 67.7 Å². The van der Waals surface area contributed by atoms with Crippen LogP contribution in [-0.2, 0) is 89.2 Å². The number of nitrogens with zero attached hydrogens (tertiary/aromatic N) is 4. The molecule has 0 aromatic heterocycles. The number of carbonyl (C=O) groups excluding carboxylic acids is 8. The van der Waals surface area contributed by atoms with Crippen molar-refractivity contribution in [1.82, 2.24) is 4.90 Å². The van der Waals surface area contributed by atoms with E-state index >= 15 is 19.2 Å². The Hall–Kier alpha value is -8.18. The monoisotopic (exact) mass is 1650 g/mol. The Bertz CT molecular complexity index is 4150. The van der Waals surface area contributed by atoms with Gasteiger partial charge in [0.15, 0.2) is 37.0 Å². The van der Waals surface area contributed by atoms with Crippen molar-refractivity contribution in [1.29, 1.82) is 0 Å². The molecule has 4 aliphatic heterocycles. The molecule has 2 amide bonds. The molecule has 3 fully saturated rings. The van der Waals surface area contributed by atoms with Gasteiger partial charge in [-0.1, -0.05) is 257 Å². The maximum Gasteiger partial charge on any atom is 0.338 e. The summed E-state index contributed by atoms with van der Waals surface area (Å²) in [5.41, 5.74) is 9.78. The summed E-state index contributed by atoms with van der Waals surface area (Å²) in [6.07, 6.45) is -6.21. The first kappa shape index (κ1) is 87.2. The van der Waals surface area contributed by atoms with Crippen molar-refractivity contribution in [2.45, 2.75) is 222 Å². The van der Waals surface area contributed by atoms with E-state index < -0.39 is 152 Å². The number of thioether (sulfide) groups is 1. The maximum absolute atomic E-state index is 15.7. The summed E-state index contributed by atoms with van der Waals surface area (Å²) in [5.74, 6) is -7.29. The van der Waals surface area contributed by atoms with Crippen LogP contribution in [0, 0.1) is 0 Å². The van der Waals surface area contributed by atoms with Crippen molar-refractivity contribution >= 4 is 106 Å². The van der Waals surface area contributed by atoms with Gasteiger partial charge in [-0.25, -0.2) is 14.4 Å². The molecule has 0 radical (unpaired) electrons. The van der Waals surface area contributed by atoms with Crippen molar-refractivity contribution in [2.75, 3.05) is 25.6 Å². The summed E-state index contributed by atoms with van der Waals surface area (Å²) in [4.78, 5) is 119. The van der Waals surface area contributed by atoms with E-state index in [9.17, 15) is 24.7 Å². The summed E-state index contributed by atoms with van der Waals surface area (Å²) < 4.78 is 85.6. The van der Waals surface area contributed by atoms with E-state index in [4.69, 9.17) is 108 Å². The SMILES string of the molecule is CCCCCCCCCCCCCCCCS[C@@H]1O[C@H](COCc2ccccc2)[C@@H](O[C@@H]2O[C@H](COC(=O)c3ccccc3)[C@H](O[C@H]3O[C@H](COC(C)=O)[C@@H](OC(C)=O)[C@H](OC(C)=O)[C@H]3N=[N+]=[N-])[C@H](OC(=O)c3ccccc3)[C@H]2OC(=O)c2ccccc2)[C@H](OCc2ccccc2)[C@H]1N1C(=O)c2c(Cl)c(Cl)c(Cl)c(Cl)c2C1=O. The topological polar surface area (TPSA) is 309 Å². The van der Waals surface area contributed by atoms with Crippen LogP contribution in [0.4, 0.5) is 0 Å². The quantitative estimate of drug-likeness (QED) is 0.00397. The number of amides is 2. The number of unbranched alkanes of at least 4 members (excludes halogenated alkanes) is 13. The van der Waals surface area contributed by atoms with Gasteiger partial charge in [-0.2, -0.15) is 0 Å². The van der Waals surface area contributed by atoms with Crippen LogP contribution in [0.15, 0.2) is 157 Å². The maximum atomic E-state index is 15.7. The van der Waals surface area contributed by atoms with E-state index in [1.54, 1.807) is 84.9 Å². The van der Waals surface area contributed by atoms with Gasteiger partial charge >= 0.3 is 35.8 Å². The molecule has 0 spiro atoms. The minimum Gasteiger partial charge on any atom is -0.463 e. The largest absolute Gasteiger partial charge is 0.463 e. The molecule has 0 unspecified atom stereocenters. The van der Waals surface area contributed by atoms with E-state index in [1.165, 1.54) is 99.5 Å². The Morgan fingerprint density at radius 1 is 0.451 bits per heavy atom. The number of hydrogen-bond acceptors (Lipinski definition) is 23. The number of fused-ring (bicyclic) bond motifs is 1. The van der Waals surface area contributed by atoms with Crippen molar-refractivity contribution in [3.63, 3.8) is 0 Å². The van der Waals surface area contributed by atoms with Gasteiger partial charge in [-0.3, -0.25) is 28.9 Å². The molecule has 10 rings (SSSR count). The highest BCUT2D eigenvalue weighted by Crippen LogP contribution is 2.49. The third-order valence-corrected chi connectivity index (χ3v) is 22.5.